The maximum Gasteiger partial charge on any atom is 0.224 e. The molecule has 0 spiro atoms. The van der Waals surface area contributed by atoms with Crippen LogP contribution in [0.1, 0.15) is 60.6 Å². The number of carbonyl (C=O) groups excluding carboxylic acids is 2. The van der Waals surface area contributed by atoms with Gasteiger partial charge in [-0.3, -0.25) is 14.5 Å². The summed E-state index contributed by atoms with van der Waals surface area (Å²) in [5, 5.41) is 6.47. The molecule has 2 N–H and O–H groups in total. The molecule has 5 rings (SSSR count). The first-order chi connectivity index (χ1) is 18.9. The molecule has 204 valence electrons. The van der Waals surface area contributed by atoms with Gasteiger partial charge >= 0.3 is 0 Å². The van der Waals surface area contributed by atoms with Gasteiger partial charge in [0.1, 0.15) is 0 Å². The van der Waals surface area contributed by atoms with E-state index >= 15 is 0 Å². The Morgan fingerprint density at radius 1 is 1.00 bits per heavy atom. The number of aromatic amines is 1. The highest BCUT2D eigenvalue weighted by Gasteiger charge is 2.40. The monoisotopic (exact) mass is 542 g/mol. The molecular weight excluding hydrogens is 504 g/mol. The standard InChI is InChI=1S/C32H38N4O2S/c1-23(26-22-33-27-13-8-7-12-25(26)27)20-30(37)34-28(24-10-5-4-6-11-24)21-31(38)36-17-15-32(16-18-36,35(2)3)29-14-9-19-39-29/h4-14,19,22-23,28,33H,15-18,20-21H2,1-3H3,(H,34,37). The maximum atomic E-state index is 13.5. The van der Waals surface area contributed by atoms with E-state index in [0.29, 0.717) is 19.5 Å². The quantitative estimate of drug-likeness (QED) is 0.271. The normalized spacial score (nSPS) is 16.8. The summed E-state index contributed by atoms with van der Waals surface area (Å²) in [6.45, 7) is 3.50. The van der Waals surface area contributed by atoms with Gasteiger partial charge < -0.3 is 15.2 Å². The van der Waals surface area contributed by atoms with E-state index in [1.54, 1.807) is 11.3 Å². The fourth-order valence-corrected chi connectivity index (χ4v) is 7.03. The van der Waals surface area contributed by atoms with Gasteiger partial charge in [-0.25, -0.2) is 0 Å². The van der Waals surface area contributed by atoms with Crippen molar-refractivity contribution < 1.29 is 9.59 Å². The average molecular weight is 543 g/mol. The zero-order valence-corrected chi connectivity index (χ0v) is 23.8. The molecule has 0 aliphatic carbocycles. The van der Waals surface area contributed by atoms with Crippen molar-refractivity contribution in [2.45, 2.75) is 50.1 Å². The number of aromatic nitrogens is 1. The van der Waals surface area contributed by atoms with Gasteiger partial charge in [-0.15, -0.1) is 11.3 Å². The van der Waals surface area contributed by atoms with Gasteiger partial charge in [0.2, 0.25) is 11.8 Å². The molecule has 6 nitrogen and oxygen atoms in total. The van der Waals surface area contributed by atoms with E-state index in [1.807, 2.05) is 59.6 Å². The third-order valence-electron chi connectivity index (χ3n) is 8.34. The molecule has 2 amide bonds. The summed E-state index contributed by atoms with van der Waals surface area (Å²) in [6, 6.07) is 22.0. The van der Waals surface area contributed by atoms with Gasteiger partial charge in [-0.2, -0.15) is 0 Å². The number of nitrogens with zero attached hydrogens (tertiary/aromatic N) is 2. The zero-order chi connectivity index (χ0) is 27.4. The lowest BCUT2D eigenvalue weighted by Crippen LogP contribution is -2.51. The van der Waals surface area contributed by atoms with Crippen molar-refractivity contribution in [1.82, 2.24) is 20.1 Å². The average Bonchev–Trinajstić information content (AvgIpc) is 3.64. The first-order valence-corrected chi connectivity index (χ1v) is 14.6. The molecule has 1 saturated heterocycles. The van der Waals surface area contributed by atoms with Crippen molar-refractivity contribution in [3.8, 4) is 0 Å². The summed E-state index contributed by atoms with van der Waals surface area (Å²) in [6.07, 6.45) is 4.41. The van der Waals surface area contributed by atoms with E-state index in [-0.39, 0.29) is 35.7 Å². The van der Waals surface area contributed by atoms with Gasteiger partial charge in [0.05, 0.1) is 18.0 Å². The smallest absolute Gasteiger partial charge is 0.224 e. The number of benzene rings is 2. The number of amides is 2. The van der Waals surface area contributed by atoms with E-state index in [0.717, 1.165) is 34.9 Å². The highest BCUT2D eigenvalue weighted by molar-refractivity contribution is 7.10. The summed E-state index contributed by atoms with van der Waals surface area (Å²) in [7, 11) is 4.27. The molecule has 1 fully saturated rings. The number of likely N-dealkylation sites (tertiary alicyclic amines) is 1. The Morgan fingerprint density at radius 3 is 2.41 bits per heavy atom. The number of hydrogen-bond donors (Lipinski definition) is 2. The predicted octanol–water partition coefficient (Wildman–Crippen LogP) is 6.05. The molecule has 2 aromatic heterocycles. The number of thiophene rings is 1. The Bertz CT molecular complexity index is 1390. The number of rotatable bonds is 9. The van der Waals surface area contributed by atoms with Crippen LogP contribution in [0, 0.1) is 0 Å². The molecule has 1 aliphatic rings. The topological polar surface area (TPSA) is 68.4 Å². The van der Waals surface area contributed by atoms with Gasteiger partial charge in [0, 0.05) is 41.5 Å². The van der Waals surface area contributed by atoms with Crippen LogP contribution in [-0.2, 0) is 15.1 Å². The van der Waals surface area contributed by atoms with Crippen molar-refractivity contribution >= 4 is 34.1 Å². The van der Waals surface area contributed by atoms with Crippen molar-refractivity contribution in [2.24, 2.45) is 0 Å². The zero-order valence-electron chi connectivity index (χ0n) is 23.0. The van der Waals surface area contributed by atoms with Gasteiger partial charge in [-0.1, -0.05) is 61.5 Å². The van der Waals surface area contributed by atoms with Gasteiger partial charge in [-0.05, 0) is 61.5 Å². The number of piperidine rings is 1. The number of fused-ring (bicyclic) bond motifs is 1. The molecule has 0 bridgehead atoms. The minimum atomic E-state index is -0.362. The lowest BCUT2D eigenvalue weighted by atomic mass is 9.84. The third kappa shape index (κ3) is 5.80. The second-order valence-electron chi connectivity index (χ2n) is 10.9. The summed E-state index contributed by atoms with van der Waals surface area (Å²) in [5.74, 6) is 0.0940. The summed E-state index contributed by atoms with van der Waals surface area (Å²) in [5.41, 5.74) is 3.14. The van der Waals surface area contributed by atoms with Gasteiger partial charge in [0.15, 0.2) is 0 Å². The Labute approximate surface area is 235 Å². The summed E-state index contributed by atoms with van der Waals surface area (Å²) >= 11 is 1.79. The number of nitrogens with one attached hydrogen (secondary N) is 2. The number of hydrogen-bond acceptors (Lipinski definition) is 4. The Hall–Kier alpha value is -3.42. The molecular formula is C32H38N4O2S. The van der Waals surface area contributed by atoms with Crippen LogP contribution >= 0.6 is 11.3 Å². The Balaban J connectivity index is 1.25. The van der Waals surface area contributed by atoms with Crippen LogP contribution in [0.25, 0.3) is 10.9 Å². The van der Waals surface area contributed by atoms with E-state index in [1.165, 1.54) is 4.88 Å². The molecule has 7 heteroatoms. The maximum absolute atomic E-state index is 13.5. The third-order valence-corrected chi connectivity index (χ3v) is 9.40. The highest BCUT2D eigenvalue weighted by Crippen LogP contribution is 2.40. The largest absolute Gasteiger partial charge is 0.361 e. The minimum absolute atomic E-state index is 0.0312. The van der Waals surface area contributed by atoms with Crippen molar-refractivity contribution in [2.75, 3.05) is 27.2 Å². The molecule has 0 radical (unpaired) electrons. The van der Waals surface area contributed by atoms with Crippen LogP contribution in [0.4, 0.5) is 0 Å². The summed E-state index contributed by atoms with van der Waals surface area (Å²) < 4.78 is 0. The summed E-state index contributed by atoms with van der Waals surface area (Å²) in [4.78, 5) is 35.8. The molecule has 3 heterocycles. The fourth-order valence-electron chi connectivity index (χ4n) is 5.97. The van der Waals surface area contributed by atoms with E-state index in [4.69, 9.17) is 0 Å². The van der Waals surface area contributed by atoms with Gasteiger partial charge in [0.25, 0.3) is 0 Å². The lowest BCUT2D eigenvalue weighted by Gasteiger charge is -2.46. The SMILES string of the molecule is CC(CC(=O)NC(CC(=O)N1CCC(c2cccs2)(N(C)C)CC1)c1ccccc1)c1c[nH]c2ccccc12. The second kappa shape index (κ2) is 11.8. The molecule has 1 aliphatic heterocycles. The van der Waals surface area contributed by atoms with E-state index in [2.05, 4.69) is 59.8 Å². The van der Waals surface area contributed by atoms with Crippen molar-refractivity contribution in [3.63, 3.8) is 0 Å². The molecule has 2 unspecified atom stereocenters. The molecule has 2 atom stereocenters. The molecule has 2 aromatic carbocycles. The molecule has 39 heavy (non-hydrogen) atoms. The first kappa shape index (κ1) is 27.2. The number of para-hydroxylation sites is 1. The van der Waals surface area contributed by atoms with Crippen LogP contribution < -0.4 is 5.32 Å². The fraction of sp³-hybridized carbons (Fsp3) is 0.375. The van der Waals surface area contributed by atoms with Crippen LogP contribution in [-0.4, -0.2) is 53.8 Å². The lowest BCUT2D eigenvalue weighted by molar-refractivity contribution is -0.134. The number of carbonyl (C=O) groups is 2. The van der Waals surface area contributed by atoms with Crippen molar-refractivity contribution in [3.05, 3.63) is 94.3 Å². The highest BCUT2D eigenvalue weighted by atomic mass is 32.1. The Kier molecular flexibility index (Phi) is 8.19. The molecule has 0 saturated carbocycles. The van der Waals surface area contributed by atoms with Crippen LogP contribution in [0.15, 0.2) is 78.3 Å². The van der Waals surface area contributed by atoms with Crippen LogP contribution in [0.5, 0.6) is 0 Å². The van der Waals surface area contributed by atoms with E-state index < -0.39 is 0 Å². The van der Waals surface area contributed by atoms with E-state index in [9.17, 15) is 9.59 Å². The molecule has 4 aromatic rings. The predicted molar refractivity (Wildman–Crippen MR) is 159 cm³/mol. The van der Waals surface area contributed by atoms with Crippen LogP contribution in [0.3, 0.4) is 0 Å². The Morgan fingerprint density at radius 2 is 1.72 bits per heavy atom. The first-order valence-electron chi connectivity index (χ1n) is 13.8. The van der Waals surface area contributed by atoms with Crippen molar-refractivity contribution in [1.29, 1.82) is 0 Å². The second-order valence-corrected chi connectivity index (χ2v) is 11.9. The number of H-pyrrole nitrogens is 1. The van der Waals surface area contributed by atoms with Crippen LogP contribution in [0.2, 0.25) is 0 Å². The minimum Gasteiger partial charge on any atom is -0.361 e.